The second-order valence-electron chi connectivity index (χ2n) is 9.58. The van der Waals surface area contributed by atoms with Crippen molar-refractivity contribution in [1.29, 1.82) is 0 Å². The van der Waals surface area contributed by atoms with Gasteiger partial charge in [0.25, 0.3) is 5.91 Å². The van der Waals surface area contributed by atoms with E-state index >= 15 is 0 Å². The molecular formula is C23H31N5O7. The summed E-state index contributed by atoms with van der Waals surface area (Å²) >= 11 is 0. The van der Waals surface area contributed by atoms with Gasteiger partial charge in [-0.2, -0.15) is 0 Å². The Kier molecular flexibility index (Phi) is 6.64. The van der Waals surface area contributed by atoms with Crippen molar-refractivity contribution in [3.8, 4) is 5.75 Å². The molecule has 0 saturated carbocycles. The second-order valence-corrected chi connectivity index (χ2v) is 9.58. The fourth-order valence-corrected chi connectivity index (χ4v) is 4.22. The molecule has 12 heteroatoms. The number of carbonyl (C=O) groups is 4. The monoisotopic (exact) mass is 489 g/mol. The average molecular weight is 490 g/mol. The van der Waals surface area contributed by atoms with Crippen molar-refractivity contribution in [3.63, 3.8) is 0 Å². The van der Waals surface area contributed by atoms with E-state index in [4.69, 9.17) is 14.3 Å². The van der Waals surface area contributed by atoms with Crippen LogP contribution >= 0.6 is 0 Å². The largest absolute Gasteiger partial charge is 0.497 e. The molecule has 0 aromatic heterocycles. The summed E-state index contributed by atoms with van der Waals surface area (Å²) in [7, 11) is 1.61. The van der Waals surface area contributed by atoms with Crippen LogP contribution in [0, 0.1) is 0 Å². The van der Waals surface area contributed by atoms with Gasteiger partial charge in [0.2, 0.25) is 0 Å². The molecule has 3 aliphatic rings. The maximum Gasteiger partial charge on any atom is 0.434 e. The van der Waals surface area contributed by atoms with Gasteiger partial charge in [-0.05, 0) is 45.0 Å². The molecule has 0 radical (unpaired) electrons. The number of piperazine rings is 2. The number of benzene rings is 1. The Labute approximate surface area is 203 Å². The van der Waals surface area contributed by atoms with Crippen molar-refractivity contribution in [2.24, 2.45) is 0 Å². The van der Waals surface area contributed by atoms with Crippen LogP contribution in [0.15, 0.2) is 24.3 Å². The second kappa shape index (κ2) is 9.51. The van der Waals surface area contributed by atoms with E-state index in [9.17, 15) is 19.2 Å². The van der Waals surface area contributed by atoms with E-state index in [1.165, 1.54) is 14.7 Å². The molecule has 35 heavy (non-hydrogen) atoms. The van der Waals surface area contributed by atoms with E-state index in [2.05, 4.69) is 4.90 Å². The quantitative estimate of drug-likeness (QED) is 0.591. The van der Waals surface area contributed by atoms with Gasteiger partial charge in [0.1, 0.15) is 17.4 Å². The third kappa shape index (κ3) is 5.20. The summed E-state index contributed by atoms with van der Waals surface area (Å²) in [6.07, 6.45) is -1.31. The first-order chi connectivity index (χ1) is 16.6. The van der Waals surface area contributed by atoms with Crippen molar-refractivity contribution < 1.29 is 33.5 Å². The number of imide groups is 1. The van der Waals surface area contributed by atoms with Gasteiger partial charge in [-0.25, -0.2) is 14.4 Å². The molecular weight excluding hydrogens is 458 g/mol. The van der Waals surface area contributed by atoms with Crippen LogP contribution in [0.5, 0.6) is 5.75 Å². The predicted molar refractivity (Wildman–Crippen MR) is 124 cm³/mol. The Balaban J connectivity index is 1.31. The van der Waals surface area contributed by atoms with E-state index in [0.717, 1.165) is 11.4 Å². The standard InChI is InChI=1S/C23H31N5O7/c1-23(2,3)34-21(31)26-13-14-27-18(15-26)19(29)28(20(27)30)35-22(32)25-11-9-24(10-12-25)16-5-7-17(33-4)8-6-16/h5-8,18H,9-15H2,1-4H3. The molecule has 4 rings (SSSR count). The van der Waals surface area contributed by atoms with Gasteiger partial charge >= 0.3 is 18.2 Å². The van der Waals surface area contributed by atoms with Crippen molar-refractivity contribution >= 4 is 29.8 Å². The average Bonchev–Trinajstić information content (AvgIpc) is 3.07. The fraction of sp³-hybridized carbons (Fsp3) is 0.565. The Hall–Kier alpha value is -3.70. The number of carbonyl (C=O) groups excluding carboxylic acids is 4. The number of rotatable bonds is 3. The molecule has 1 atom stereocenters. The summed E-state index contributed by atoms with van der Waals surface area (Å²) in [4.78, 5) is 62.3. The van der Waals surface area contributed by atoms with E-state index in [-0.39, 0.29) is 19.6 Å². The summed E-state index contributed by atoms with van der Waals surface area (Å²) in [5, 5.41) is 0.515. The third-order valence-electron chi connectivity index (χ3n) is 6.08. The molecule has 190 valence electrons. The summed E-state index contributed by atoms with van der Waals surface area (Å²) in [6.45, 7) is 7.50. The maximum atomic E-state index is 12.9. The molecule has 1 unspecified atom stereocenters. The lowest BCUT2D eigenvalue weighted by atomic mass is 10.2. The van der Waals surface area contributed by atoms with Gasteiger partial charge in [-0.1, -0.05) is 5.06 Å². The summed E-state index contributed by atoms with van der Waals surface area (Å²) in [5.41, 5.74) is 0.331. The Morgan fingerprint density at radius 1 is 0.886 bits per heavy atom. The fourth-order valence-electron chi connectivity index (χ4n) is 4.22. The van der Waals surface area contributed by atoms with Crippen LogP contribution in [-0.4, -0.2) is 108 Å². The molecule has 12 nitrogen and oxygen atoms in total. The number of nitrogens with zero attached hydrogens (tertiary/aromatic N) is 5. The summed E-state index contributed by atoms with van der Waals surface area (Å²) < 4.78 is 10.5. The third-order valence-corrected chi connectivity index (χ3v) is 6.08. The van der Waals surface area contributed by atoms with Crippen LogP contribution in [-0.2, 0) is 14.4 Å². The van der Waals surface area contributed by atoms with Gasteiger partial charge in [0.05, 0.1) is 13.7 Å². The molecule has 0 bridgehead atoms. The van der Waals surface area contributed by atoms with Gasteiger partial charge in [-0.15, -0.1) is 0 Å². The van der Waals surface area contributed by atoms with Crippen molar-refractivity contribution in [2.45, 2.75) is 32.4 Å². The van der Waals surface area contributed by atoms with E-state index in [0.29, 0.717) is 31.2 Å². The van der Waals surface area contributed by atoms with Gasteiger partial charge in [0.15, 0.2) is 0 Å². The van der Waals surface area contributed by atoms with E-state index < -0.39 is 35.8 Å². The Bertz CT molecular complexity index is 985. The van der Waals surface area contributed by atoms with Crippen LogP contribution in [0.4, 0.5) is 20.1 Å². The SMILES string of the molecule is COc1ccc(N2CCN(C(=O)ON3C(=O)C4CN(C(=O)OC(C)(C)C)CCN4C3=O)CC2)cc1. The molecule has 3 saturated heterocycles. The van der Waals surface area contributed by atoms with Gasteiger partial charge in [0, 0.05) is 45.0 Å². The van der Waals surface area contributed by atoms with Gasteiger partial charge in [-0.3, -0.25) is 4.79 Å². The number of hydrogen-bond acceptors (Lipinski definition) is 8. The van der Waals surface area contributed by atoms with Crippen molar-refractivity contribution in [1.82, 2.24) is 19.8 Å². The minimum atomic E-state index is -0.913. The highest BCUT2D eigenvalue weighted by atomic mass is 16.7. The highest BCUT2D eigenvalue weighted by Crippen LogP contribution is 2.25. The van der Waals surface area contributed by atoms with Crippen LogP contribution in [0.3, 0.4) is 0 Å². The van der Waals surface area contributed by atoms with Crippen LogP contribution in [0.25, 0.3) is 0 Å². The Morgan fingerprint density at radius 3 is 2.11 bits per heavy atom. The number of urea groups is 1. The number of ether oxygens (including phenoxy) is 2. The van der Waals surface area contributed by atoms with E-state index in [1.54, 1.807) is 27.9 Å². The number of hydrogen-bond donors (Lipinski definition) is 0. The normalized spacial score (nSPS) is 20.7. The van der Waals surface area contributed by atoms with Crippen molar-refractivity contribution in [2.75, 3.05) is 57.8 Å². The summed E-state index contributed by atoms with van der Waals surface area (Å²) in [5.74, 6) is 0.0925. The van der Waals surface area contributed by atoms with Crippen molar-refractivity contribution in [3.05, 3.63) is 24.3 Å². The predicted octanol–water partition coefficient (Wildman–Crippen LogP) is 1.75. The summed E-state index contributed by atoms with van der Waals surface area (Å²) in [6, 6.07) is 6.03. The molecule has 3 fully saturated rings. The lowest BCUT2D eigenvalue weighted by Gasteiger charge is -2.35. The van der Waals surface area contributed by atoms with Crippen LogP contribution < -0.4 is 9.64 Å². The molecule has 3 aliphatic heterocycles. The minimum absolute atomic E-state index is 0.0198. The molecule has 0 spiro atoms. The first kappa shape index (κ1) is 24.4. The lowest BCUT2D eigenvalue weighted by molar-refractivity contribution is -0.152. The lowest BCUT2D eigenvalue weighted by Crippen LogP contribution is -2.55. The van der Waals surface area contributed by atoms with Crippen LogP contribution in [0.1, 0.15) is 20.8 Å². The number of anilines is 1. The first-order valence-electron chi connectivity index (χ1n) is 11.6. The maximum absolute atomic E-state index is 12.9. The first-order valence-corrected chi connectivity index (χ1v) is 11.6. The number of hydroxylamine groups is 2. The topological polar surface area (TPSA) is 112 Å². The zero-order valence-electron chi connectivity index (χ0n) is 20.4. The highest BCUT2D eigenvalue weighted by molar-refractivity contribution is 6.04. The van der Waals surface area contributed by atoms with E-state index in [1.807, 2.05) is 24.3 Å². The number of amides is 5. The highest BCUT2D eigenvalue weighted by Gasteiger charge is 2.51. The molecule has 0 aliphatic carbocycles. The molecule has 0 N–H and O–H groups in total. The van der Waals surface area contributed by atoms with Gasteiger partial charge < -0.3 is 33.9 Å². The zero-order chi connectivity index (χ0) is 25.3. The minimum Gasteiger partial charge on any atom is -0.497 e. The smallest absolute Gasteiger partial charge is 0.434 e. The zero-order valence-corrected chi connectivity index (χ0v) is 20.4. The molecule has 5 amide bonds. The molecule has 1 aromatic rings. The number of methoxy groups -OCH3 is 1. The Morgan fingerprint density at radius 2 is 1.51 bits per heavy atom. The van der Waals surface area contributed by atoms with Crippen LogP contribution in [0.2, 0.25) is 0 Å². The number of fused-ring (bicyclic) bond motifs is 1. The molecule has 1 aromatic carbocycles. The molecule has 3 heterocycles.